The maximum Gasteiger partial charge on any atom is 0.349 e. The monoisotopic (exact) mass is 376 g/mol. The molecule has 3 aromatic rings. The lowest BCUT2D eigenvalue weighted by molar-refractivity contribution is -0.136. The van der Waals surface area contributed by atoms with Gasteiger partial charge in [-0.3, -0.25) is 4.79 Å². The first kappa shape index (κ1) is 19.2. The summed E-state index contributed by atoms with van der Waals surface area (Å²) >= 11 is 0. The van der Waals surface area contributed by atoms with Crippen molar-refractivity contribution in [2.75, 3.05) is 6.61 Å². The highest BCUT2D eigenvalue weighted by Crippen LogP contribution is 2.23. The smallest absolute Gasteiger partial charge is 0.349 e. The van der Waals surface area contributed by atoms with E-state index in [1.807, 2.05) is 37.3 Å². The van der Waals surface area contributed by atoms with Crippen LogP contribution in [0.15, 0.2) is 78.9 Å². The summed E-state index contributed by atoms with van der Waals surface area (Å²) in [7, 11) is 0. The molecular weight excluding hydrogens is 356 g/mol. The summed E-state index contributed by atoms with van der Waals surface area (Å²) in [5.74, 6) is 1.81. The zero-order chi connectivity index (χ0) is 19.8. The van der Waals surface area contributed by atoms with Crippen molar-refractivity contribution in [3.05, 3.63) is 84.4 Å². The fraction of sp³-hybridized carbons (Fsp3) is 0.130. The van der Waals surface area contributed by atoms with E-state index in [1.165, 1.54) is 0 Å². The van der Waals surface area contributed by atoms with Crippen LogP contribution in [-0.2, 0) is 4.79 Å². The number of ketones is 1. The SMILES string of the molecule is CCC(=O)c1ccc(OCC(=O)Oc2ccc(Oc3ccccc3)cc2)cc1. The van der Waals surface area contributed by atoms with Crippen LogP contribution in [0.1, 0.15) is 23.7 Å². The summed E-state index contributed by atoms with van der Waals surface area (Å²) in [4.78, 5) is 23.5. The molecule has 0 bridgehead atoms. The van der Waals surface area contributed by atoms with Gasteiger partial charge in [0.25, 0.3) is 0 Å². The van der Waals surface area contributed by atoms with Gasteiger partial charge >= 0.3 is 5.97 Å². The van der Waals surface area contributed by atoms with Crippen molar-refractivity contribution in [1.29, 1.82) is 0 Å². The Bertz CT molecular complexity index is 915. The number of Topliss-reactive ketones (excluding diaryl/α,β-unsaturated/α-hetero) is 1. The summed E-state index contributed by atoms with van der Waals surface area (Å²) in [6.45, 7) is 1.58. The van der Waals surface area contributed by atoms with Gasteiger partial charge in [-0.15, -0.1) is 0 Å². The molecule has 0 amide bonds. The van der Waals surface area contributed by atoms with Crippen LogP contribution in [0.5, 0.6) is 23.0 Å². The molecule has 5 nitrogen and oxygen atoms in total. The Morgan fingerprint density at radius 1 is 0.714 bits per heavy atom. The molecule has 0 spiro atoms. The summed E-state index contributed by atoms with van der Waals surface area (Å²) in [6.07, 6.45) is 0.446. The van der Waals surface area contributed by atoms with Crippen LogP contribution in [0.4, 0.5) is 0 Å². The molecule has 142 valence electrons. The van der Waals surface area contributed by atoms with Gasteiger partial charge in [0.2, 0.25) is 0 Å². The van der Waals surface area contributed by atoms with Crippen LogP contribution in [0.25, 0.3) is 0 Å². The normalized spacial score (nSPS) is 10.2. The van der Waals surface area contributed by atoms with Crippen molar-refractivity contribution in [2.45, 2.75) is 13.3 Å². The Hall–Kier alpha value is -3.60. The maximum atomic E-state index is 12.0. The molecule has 0 radical (unpaired) electrons. The van der Waals surface area contributed by atoms with E-state index in [4.69, 9.17) is 14.2 Å². The van der Waals surface area contributed by atoms with E-state index in [1.54, 1.807) is 48.5 Å². The van der Waals surface area contributed by atoms with Gasteiger partial charge in [0.1, 0.15) is 23.0 Å². The molecule has 0 heterocycles. The zero-order valence-electron chi connectivity index (χ0n) is 15.5. The molecular formula is C23H20O5. The summed E-state index contributed by atoms with van der Waals surface area (Å²) < 4.78 is 16.3. The molecule has 0 fully saturated rings. The number of hydrogen-bond donors (Lipinski definition) is 0. The molecule has 0 aliphatic carbocycles. The Labute approximate surface area is 163 Å². The Balaban J connectivity index is 1.48. The van der Waals surface area contributed by atoms with Gasteiger partial charge in [0.05, 0.1) is 0 Å². The molecule has 0 aromatic heterocycles. The minimum atomic E-state index is -0.523. The molecule has 28 heavy (non-hydrogen) atoms. The third kappa shape index (κ3) is 5.45. The number of benzene rings is 3. The lowest BCUT2D eigenvalue weighted by Gasteiger charge is -2.09. The van der Waals surface area contributed by atoms with Gasteiger partial charge in [-0.25, -0.2) is 4.79 Å². The van der Waals surface area contributed by atoms with Crippen LogP contribution < -0.4 is 14.2 Å². The van der Waals surface area contributed by atoms with E-state index in [2.05, 4.69) is 0 Å². The average molecular weight is 376 g/mol. The standard InChI is InChI=1S/C23H20O5/c1-2-22(24)17-8-10-18(11-9-17)26-16-23(25)28-21-14-12-20(13-15-21)27-19-6-4-3-5-7-19/h3-15H,2,16H2,1H3. The molecule has 0 saturated carbocycles. The number of carbonyl (C=O) groups excluding carboxylic acids is 2. The molecule has 3 aromatic carbocycles. The highest BCUT2D eigenvalue weighted by molar-refractivity contribution is 5.95. The predicted octanol–water partition coefficient (Wildman–Crippen LogP) is 5.06. The van der Waals surface area contributed by atoms with E-state index in [9.17, 15) is 9.59 Å². The van der Waals surface area contributed by atoms with E-state index in [0.29, 0.717) is 29.2 Å². The van der Waals surface area contributed by atoms with Crippen molar-refractivity contribution in [1.82, 2.24) is 0 Å². The number of carbonyl (C=O) groups is 2. The van der Waals surface area contributed by atoms with Gasteiger partial charge in [-0.2, -0.15) is 0 Å². The maximum absolute atomic E-state index is 12.0. The van der Waals surface area contributed by atoms with Gasteiger partial charge in [-0.05, 0) is 60.7 Å². The van der Waals surface area contributed by atoms with Gasteiger partial charge in [-0.1, -0.05) is 25.1 Å². The molecule has 0 aliphatic rings. The second kappa shape index (κ2) is 9.37. The topological polar surface area (TPSA) is 61.8 Å². The van der Waals surface area contributed by atoms with Gasteiger partial charge in [0.15, 0.2) is 12.4 Å². The molecule has 0 unspecified atom stereocenters. The van der Waals surface area contributed by atoms with Crippen LogP contribution in [-0.4, -0.2) is 18.4 Å². The van der Waals surface area contributed by atoms with Crippen molar-refractivity contribution >= 4 is 11.8 Å². The first-order valence-corrected chi connectivity index (χ1v) is 8.94. The lowest BCUT2D eigenvalue weighted by atomic mass is 10.1. The van der Waals surface area contributed by atoms with Crippen molar-refractivity contribution in [3.8, 4) is 23.0 Å². The van der Waals surface area contributed by atoms with Crippen molar-refractivity contribution in [2.24, 2.45) is 0 Å². The second-order valence-electron chi connectivity index (χ2n) is 5.95. The molecule has 0 atom stereocenters. The highest BCUT2D eigenvalue weighted by atomic mass is 16.6. The Morgan fingerprint density at radius 2 is 1.29 bits per heavy atom. The molecule has 0 saturated heterocycles. The van der Waals surface area contributed by atoms with Gasteiger partial charge < -0.3 is 14.2 Å². The average Bonchev–Trinajstić information content (AvgIpc) is 2.74. The molecule has 0 aliphatic heterocycles. The Morgan fingerprint density at radius 3 is 1.93 bits per heavy atom. The predicted molar refractivity (Wildman–Crippen MR) is 105 cm³/mol. The lowest BCUT2D eigenvalue weighted by Crippen LogP contribution is -2.17. The zero-order valence-corrected chi connectivity index (χ0v) is 15.5. The number of esters is 1. The molecule has 5 heteroatoms. The number of hydrogen-bond acceptors (Lipinski definition) is 5. The van der Waals surface area contributed by atoms with Crippen molar-refractivity contribution < 1.29 is 23.8 Å². The van der Waals surface area contributed by atoms with Crippen LogP contribution in [0, 0.1) is 0 Å². The molecule has 0 N–H and O–H groups in total. The van der Waals surface area contributed by atoms with Crippen LogP contribution in [0.3, 0.4) is 0 Å². The van der Waals surface area contributed by atoms with E-state index in [-0.39, 0.29) is 12.4 Å². The van der Waals surface area contributed by atoms with E-state index >= 15 is 0 Å². The first-order valence-electron chi connectivity index (χ1n) is 8.94. The summed E-state index contributed by atoms with van der Waals surface area (Å²) in [6, 6.07) is 22.8. The van der Waals surface area contributed by atoms with Gasteiger partial charge in [0, 0.05) is 12.0 Å². The minimum Gasteiger partial charge on any atom is -0.482 e. The fourth-order valence-electron chi connectivity index (χ4n) is 2.44. The molecule has 3 rings (SSSR count). The fourth-order valence-corrected chi connectivity index (χ4v) is 2.44. The quantitative estimate of drug-likeness (QED) is 0.312. The highest BCUT2D eigenvalue weighted by Gasteiger charge is 2.08. The minimum absolute atomic E-state index is 0.0608. The van der Waals surface area contributed by atoms with Crippen LogP contribution in [0.2, 0.25) is 0 Å². The number of para-hydroxylation sites is 1. The first-order chi connectivity index (χ1) is 13.6. The Kier molecular flexibility index (Phi) is 6.41. The third-order valence-corrected chi connectivity index (χ3v) is 3.89. The largest absolute Gasteiger partial charge is 0.482 e. The number of rotatable bonds is 8. The summed E-state index contributed by atoms with van der Waals surface area (Å²) in [5, 5.41) is 0. The van der Waals surface area contributed by atoms with Crippen molar-refractivity contribution in [3.63, 3.8) is 0 Å². The van der Waals surface area contributed by atoms with E-state index in [0.717, 1.165) is 5.75 Å². The van der Waals surface area contributed by atoms with E-state index < -0.39 is 5.97 Å². The number of ether oxygens (including phenoxy) is 3. The second-order valence-corrected chi connectivity index (χ2v) is 5.95. The van der Waals surface area contributed by atoms with Crippen LogP contribution >= 0.6 is 0 Å². The summed E-state index contributed by atoms with van der Waals surface area (Å²) in [5.41, 5.74) is 0.621. The third-order valence-electron chi connectivity index (χ3n) is 3.89.